The number of nitrogens with one attached hydrogen (secondary N) is 2. The molecule has 0 bridgehead atoms. The molecule has 27 heavy (non-hydrogen) atoms. The van der Waals surface area contributed by atoms with Crippen LogP contribution in [0.2, 0.25) is 0 Å². The molecule has 0 radical (unpaired) electrons. The fraction of sp³-hybridized carbons (Fsp3) is 0.211. The van der Waals surface area contributed by atoms with Crippen molar-refractivity contribution in [1.82, 2.24) is 10.9 Å². The van der Waals surface area contributed by atoms with Crippen molar-refractivity contribution in [3.8, 4) is 0 Å². The topological polar surface area (TPSA) is 84.5 Å². The number of carbonyl (C=O) groups is 3. The third kappa shape index (κ3) is 7.10. The summed E-state index contributed by atoms with van der Waals surface area (Å²) in [7, 11) is 0. The van der Waals surface area contributed by atoms with E-state index in [2.05, 4.69) is 10.9 Å². The Labute approximate surface area is 160 Å². The number of hydrogen-bond donors (Lipinski definition) is 2. The highest BCUT2D eigenvalue weighted by atomic mass is 32.2. The van der Waals surface area contributed by atoms with Crippen molar-refractivity contribution >= 4 is 29.5 Å². The van der Waals surface area contributed by atoms with Gasteiger partial charge in [0, 0.05) is 16.2 Å². The number of rotatable bonds is 7. The minimum Gasteiger partial charge on any atom is -0.452 e. The number of ether oxygens (including phenoxy) is 1. The van der Waals surface area contributed by atoms with E-state index in [0.717, 1.165) is 4.90 Å². The standard InChI is InChI=1S/C19H19FN2O4S/c1-13(18(24)21-22-19(25)14-5-3-2-4-6-14)26-17(23)11-12-27-16-9-7-15(20)8-10-16/h2-10,13H,11-12H2,1H3,(H,21,24)(H,22,25)/t13-/m0/s1. The number of amides is 2. The number of benzene rings is 2. The molecular weight excluding hydrogens is 371 g/mol. The van der Waals surface area contributed by atoms with Crippen LogP contribution in [-0.4, -0.2) is 29.6 Å². The molecule has 0 saturated heterocycles. The zero-order valence-electron chi connectivity index (χ0n) is 14.6. The summed E-state index contributed by atoms with van der Waals surface area (Å²) in [4.78, 5) is 36.4. The first-order valence-electron chi connectivity index (χ1n) is 8.19. The lowest BCUT2D eigenvalue weighted by molar-refractivity contribution is -0.154. The van der Waals surface area contributed by atoms with E-state index in [4.69, 9.17) is 4.74 Å². The van der Waals surface area contributed by atoms with E-state index >= 15 is 0 Å². The predicted octanol–water partition coefficient (Wildman–Crippen LogP) is 2.70. The lowest BCUT2D eigenvalue weighted by atomic mass is 10.2. The van der Waals surface area contributed by atoms with Crippen LogP contribution in [-0.2, 0) is 14.3 Å². The predicted molar refractivity (Wildman–Crippen MR) is 99.3 cm³/mol. The zero-order valence-corrected chi connectivity index (χ0v) is 15.4. The number of carbonyl (C=O) groups excluding carboxylic acids is 3. The van der Waals surface area contributed by atoms with Gasteiger partial charge in [0.15, 0.2) is 6.10 Å². The Hall–Kier alpha value is -2.87. The van der Waals surface area contributed by atoms with E-state index in [0.29, 0.717) is 11.3 Å². The van der Waals surface area contributed by atoms with Crippen LogP contribution in [0.25, 0.3) is 0 Å². The molecule has 2 N–H and O–H groups in total. The van der Waals surface area contributed by atoms with Crippen LogP contribution in [0, 0.1) is 5.82 Å². The van der Waals surface area contributed by atoms with E-state index in [1.165, 1.54) is 30.8 Å². The van der Waals surface area contributed by atoms with E-state index in [-0.39, 0.29) is 12.2 Å². The molecule has 2 aromatic rings. The van der Waals surface area contributed by atoms with Crippen LogP contribution in [0.1, 0.15) is 23.7 Å². The summed E-state index contributed by atoms with van der Waals surface area (Å²) in [5.74, 6) is -1.54. The number of thioether (sulfide) groups is 1. The van der Waals surface area contributed by atoms with Crippen molar-refractivity contribution in [1.29, 1.82) is 0 Å². The Kier molecular flexibility index (Phi) is 7.81. The molecule has 0 aliphatic heterocycles. The van der Waals surface area contributed by atoms with Crippen LogP contribution in [0.5, 0.6) is 0 Å². The maximum atomic E-state index is 12.8. The van der Waals surface area contributed by atoms with Crippen molar-refractivity contribution in [2.75, 3.05) is 5.75 Å². The minimum absolute atomic E-state index is 0.0933. The summed E-state index contributed by atoms with van der Waals surface area (Å²) in [6.45, 7) is 1.41. The quantitative estimate of drug-likeness (QED) is 0.431. The van der Waals surface area contributed by atoms with Gasteiger partial charge < -0.3 is 4.74 Å². The van der Waals surface area contributed by atoms with Gasteiger partial charge >= 0.3 is 5.97 Å². The van der Waals surface area contributed by atoms with Crippen LogP contribution >= 0.6 is 11.8 Å². The zero-order chi connectivity index (χ0) is 19.6. The fourth-order valence-corrected chi connectivity index (χ4v) is 2.81. The van der Waals surface area contributed by atoms with Gasteiger partial charge in [0.1, 0.15) is 5.82 Å². The Bertz CT molecular complexity index is 784. The first-order valence-corrected chi connectivity index (χ1v) is 9.17. The highest BCUT2D eigenvalue weighted by Crippen LogP contribution is 2.19. The highest BCUT2D eigenvalue weighted by molar-refractivity contribution is 7.99. The van der Waals surface area contributed by atoms with E-state index in [9.17, 15) is 18.8 Å². The normalized spacial score (nSPS) is 11.3. The van der Waals surface area contributed by atoms with Gasteiger partial charge in [0.05, 0.1) is 6.42 Å². The molecule has 2 rings (SSSR count). The van der Waals surface area contributed by atoms with E-state index < -0.39 is 23.9 Å². The van der Waals surface area contributed by atoms with Gasteiger partial charge in [0.25, 0.3) is 11.8 Å². The molecule has 0 aliphatic carbocycles. The first kappa shape index (κ1) is 20.4. The van der Waals surface area contributed by atoms with Gasteiger partial charge in [0.2, 0.25) is 0 Å². The van der Waals surface area contributed by atoms with Crippen LogP contribution in [0.15, 0.2) is 59.5 Å². The second-order valence-corrected chi connectivity index (χ2v) is 6.66. The summed E-state index contributed by atoms with van der Waals surface area (Å²) in [5.41, 5.74) is 4.86. The average Bonchev–Trinajstić information content (AvgIpc) is 2.68. The van der Waals surface area contributed by atoms with Gasteiger partial charge in [-0.3, -0.25) is 25.2 Å². The van der Waals surface area contributed by atoms with Gasteiger partial charge in [-0.05, 0) is 43.3 Å². The molecule has 0 fully saturated rings. The minimum atomic E-state index is -1.05. The van der Waals surface area contributed by atoms with Crippen LogP contribution in [0.3, 0.4) is 0 Å². The third-order valence-electron chi connectivity index (χ3n) is 3.40. The Morgan fingerprint density at radius 3 is 2.37 bits per heavy atom. The molecule has 8 heteroatoms. The summed E-state index contributed by atoms with van der Waals surface area (Å²) in [6.07, 6.45) is -0.958. The first-order chi connectivity index (χ1) is 13.0. The van der Waals surface area contributed by atoms with Crippen molar-refractivity contribution in [2.45, 2.75) is 24.3 Å². The fourth-order valence-electron chi connectivity index (χ4n) is 1.97. The third-order valence-corrected chi connectivity index (χ3v) is 4.41. The van der Waals surface area contributed by atoms with Crippen molar-refractivity contribution in [2.24, 2.45) is 0 Å². The SMILES string of the molecule is C[C@H](OC(=O)CCSc1ccc(F)cc1)C(=O)NNC(=O)c1ccccc1. The van der Waals surface area contributed by atoms with Gasteiger partial charge in [-0.1, -0.05) is 18.2 Å². The maximum absolute atomic E-state index is 12.8. The van der Waals surface area contributed by atoms with Gasteiger partial charge in [-0.2, -0.15) is 0 Å². The molecular formula is C19H19FN2O4S. The molecule has 0 aromatic heterocycles. The molecule has 0 saturated carbocycles. The molecule has 2 amide bonds. The van der Waals surface area contributed by atoms with Crippen molar-refractivity contribution < 1.29 is 23.5 Å². The summed E-state index contributed by atoms with van der Waals surface area (Å²) < 4.78 is 17.8. The number of hydrazine groups is 1. The largest absolute Gasteiger partial charge is 0.452 e. The highest BCUT2D eigenvalue weighted by Gasteiger charge is 2.18. The summed E-state index contributed by atoms with van der Waals surface area (Å²) in [5, 5.41) is 0. The number of hydrogen-bond acceptors (Lipinski definition) is 5. The number of halogens is 1. The Morgan fingerprint density at radius 1 is 1.04 bits per heavy atom. The number of esters is 1. The lowest BCUT2D eigenvalue weighted by Gasteiger charge is -2.14. The Morgan fingerprint density at radius 2 is 1.70 bits per heavy atom. The monoisotopic (exact) mass is 390 g/mol. The van der Waals surface area contributed by atoms with Crippen LogP contribution < -0.4 is 10.9 Å². The maximum Gasteiger partial charge on any atom is 0.307 e. The molecule has 2 aromatic carbocycles. The molecule has 142 valence electrons. The Balaban J connectivity index is 1.67. The van der Waals surface area contributed by atoms with Crippen molar-refractivity contribution in [3.05, 3.63) is 66.0 Å². The van der Waals surface area contributed by atoms with Crippen LogP contribution in [0.4, 0.5) is 4.39 Å². The smallest absolute Gasteiger partial charge is 0.307 e. The molecule has 0 heterocycles. The lowest BCUT2D eigenvalue weighted by Crippen LogP contribution is -2.46. The summed E-state index contributed by atoms with van der Waals surface area (Å²) >= 11 is 1.38. The average molecular weight is 390 g/mol. The van der Waals surface area contributed by atoms with E-state index in [1.54, 1.807) is 42.5 Å². The molecule has 0 spiro atoms. The van der Waals surface area contributed by atoms with E-state index in [1.807, 2.05) is 0 Å². The van der Waals surface area contributed by atoms with Gasteiger partial charge in [-0.25, -0.2) is 4.39 Å². The van der Waals surface area contributed by atoms with Crippen molar-refractivity contribution in [3.63, 3.8) is 0 Å². The van der Waals surface area contributed by atoms with Gasteiger partial charge in [-0.15, -0.1) is 11.8 Å². The molecule has 6 nitrogen and oxygen atoms in total. The second kappa shape index (κ2) is 10.3. The molecule has 1 atom stereocenters. The molecule has 0 aliphatic rings. The molecule has 0 unspecified atom stereocenters. The summed E-state index contributed by atoms with van der Waals surface area (Å²) in [6, 6.07) is 14.3. The second-order valence-electron chi connectivity index (χ2n) is 5.49.